The Balaban J connectivity index is 0.000000527. The SMILES string of the molecule is CC.CC(C)(N)O.CN(C(=O)c1ccccc1C=O)C1CCC2OC(C)(C)OC21. The van der Waals surface area contributed by atoms with Gasteiger partial charge in [-0.25, -0.2) is 0 Å². The molecule has 29 heavy (non-hydrogen) atoms. The third-order valence-corrected chi connectivity index (χ3v) is 4.48. The zero-order valence-corrected chi connectivity index (χ0v) is 18.6. The zero-order valence-electron chi connectivity index (χ0n) is 18.6. The second kappa shape index (κ2) is 10.3. The highest BCUT2D eigenvalue weighted by Crippen LogP contribution is 2.40. The number of benzene rings is 1. The molecule has 2 aliphatic rings. The van der Waals surface area contributed by atoms with Crippen LogP contribution in [-0.2, 0) is 9.47 Å². The van der Waals surface area contributed by atoms with Crippen LogP contribution < -0.4 is 5.73 Å². The molecule has 3 unspecified atom stereocenters. The van der Waals surface area contributed by atoms with Gasteiger partial charge in [0.15, 0.2) is 12.1 Å². The van der Waals surface area contributed by atoms with Crippen molar-refractivity contribution in [2.45, 2.75) is 84.1 Å². The van der Waals surface area contributed by atoms with Gasteiger partial charge in [0, 0.05) is 12.6 Å². The Labute approximate surface area is 174 Å². The van der Waals surface area contributed by atoms with Crippen LogP contribution >= 0.6 is 0 Å². The Hall–Kier alpha value is -1.80. The fourth-order valence-corrected chi connectivity index (χ4v) is 3.46. The van der Waals surface area contributed by atoms with Gasteiger partial charge < -0.3 is 25.2 Å². The van der Waals surface area contributed by atoms with Gasteiger partial charge in [0.1, 0.15) is 11.8 Å². The van der Waals surface area contributed by atoms with E-state index in [1.165, 1.54) is 13.8 Å². The highest BCUT2D eigenvalue weighted by atomic mass is 16.8. The predicted molar refractivity (Wildman–Crippen MR) is 113 cm³/mol. The number of amides is 1. The molecule has 1 aliphatic heterocycles. The molecule has 3 rings (SSSR count). The molecule has 1 heterocycles. The number of rotatable bonds is 3. The first kappa shape index (κ1) is 25.2. The molecule has 0 radical (unpaired) electrons. The van der Waals surface area contributed by atoms with Crippen molar-refractivity contribution in [2.24, 2.45) is 5.73 Å². The number of nitrogens with zero attached hydrogens (tertiary/aromatic N) is 1. The Morgan fingerprint density at radius 1 is 1.24 bits per heavy atom. The van der Waals surface area contributed by atoms with E-state index >= 15 is 0 Å². The van der Waals surface area contributed by atoms with E-state index < -0.39 is 11.5 Å². The predicted octanol–water partition coefficient (Wildman–Crippen LogP) is 2.95. The normalized spacial score (nSPS) is 24.4. The Morgan fingerprint density at radius 2 is 1.79 bits per heavy atom. The summed E-state index contributed by atoms with van der Waals surface area (Å²) >= 11 is 0. The Kier molecular flexibility index (Phi) is 8.96. The number of carbonyl (C=O) groups excluding carboxylic acids is 2. The number of nitrogens with two attached hydrogens (primary N) is 1. The molecule has 0 bridgehead atoms. The molecule has 2 fully saturated rings. The van der Waals surface area contributed by atoms with Crippen molar-refractivity contribution in [3.8, 4) is 0 Å². The third-order valence-electron chi connectivity index (χ3n) is 4.48. The molecule has 1 aromatic carbocycles. The van der Waals surface area contributed by atoms with Crippen molar-refractivity contribution in [3.05, 3.63) is 35.4 Å². The maximum atomic E-state index is 12.7. The topological polar surface area (TPSA) is 102 Å². The summed E-state index contributed by atoms with van der Waals surface area (Å²) in [6.45, 7) is 10.8. The summed E-state index contributed by atoms with van der Waals surface area (Å²) in [4.78, 5) is 25.6. The largest absolute Gasteiger partial charge is 0.377 e. The van der Waals surface area contributed by atoms with Crippen LogP contribution in [0.15, 0.2) is 24.3 Å². The monoisotopic (exact) mass is 408 g/mol. The molecule has 1 saturated heterocycles. The van der Waals surface area contributed by atoms with Gasteiger partial charge in [-0.15, -0.1) is 0 Å². The van der Waals surface area contributed by atoms with E-state index in [1.807, 2.05) is 27.7 Å². The summed E-state index contributed by atoms with van der Waals surface area (Å²) < 4.78 is 11.8. The maximum absolute atomic E-state index is 12.7. The number of aliphatic hydroxyl groups is 1. The summed E-state index contributed by atoms with van der Waals surface area (Å²) in [5.74, 6) is -0.750. The van der Waals surface area contributed by atoms with Crippen LogP contribution in [-0.4, -0.2) is 59.0 Å². The van der Waals surface area contributed by atoms with Crippen LogP contribution in [0.5, 0.6) is 0 Å². The first-order valence-corrected chi connectivity index (χ1v) is 10.1. The average Bonchev–Trinajstić information content (AvgIpc) is 3.15. The van der Waals surface area contributed by atoms with Gasteiger partial charge >= 0.3 is 0 Å². The molecule has 0 spiro atoms. The fourth-order valence-electron chi connectivity index (χ4n) is 3.46. The highest BCUT2D eigenvalue weighted by Gasteiger charge is 2.51. The molecule has 3 N–H and O–H groups in total. The summed E-state index contributed by atoms with van der Waals surface area (Å²) in [6.07, 6.45) is 2.38. The summed E-state index contributed by atoms with van der Waals surface area (Å²) in [7, 11) is 1.77. The number of likely N-dealkylation sites (N-methyl/N-ethyl adjacent to an activating group) is 1. The van der Waals surface area contributed by atoms with E-state index in [0.29, 0.717) is 11.1 Å². The summed E-state index contributed by atoms with van der Waals surface area (Å²) in [5, 5.41) is 8.30. The van der Waals surface area contributed by atoms with Gasteiger partial charge in [-0.1, -0.05) is 32.0 Å². The van der Waals surface area contributed by atoms with Gasteiger partial charge in [-0.3, -0.25) is 9.59 Å². The van der Waals surface area contributed by atoms with Crippen LogP contribution in [0.2, 0.25) is 0 Å². The van der Waals surface area contributed by atoms with Crippen molar-refractivity contribution < 1.29 is 24.2 Å². The number of carbonyl (C=O) groups is 2. The molecule has 3 atom stereocenters. The van der Waals surface area contributed by atoms with Crippen LogP contribution in [0, 0.1) is 0 Å². The molecular weight excluding hydrogens is 372 g/mol. The third kappa shape index (κ3) is 7.19. The van der Waals surface area contributed by atoms with Crippen molar-refractivity contribution in [1.29, 1.82) is 0 Å². The maximum Gasteiger partial charge on any atom is 0.254 e. The van der Waals surface area contributed by atoms with Crippen molar-refractivity contribution in [3.63, 3.8) is 0 Å². The first-order valence-electron chi connectivity index (χ1n) is 10.1. The minimum Gasteiger partial charge on any atom is -0.377 e. The Morgan fingerprint density at radius 3 is 2.34 bits per heavy atom. The molecule has 0 aromatic heterocycles. The van der Waals surface area contributed by atoms with E-state index in [0.717, 1.165) is 19.1 Å². The summed E-state index contributed by atoms with van der Waals surface area (Å²) in [5.41, 5.74) is 4.76. The van der Waals surface area contributed by atoms with E-state index in [2.05, 4.69) is 0 Å². The van der Waals surface area contributed by atoms with E-state index in [4.69, 9.17) is 20.3 Å². The molecular formula is C22H36N2O5. The number of aldehydes is 1. The van der Waals surface area contributed by atoms with Crippen molar-refractivity contribution in [2.75, 3.05) is 7.05 Å². The van der Waals surface area contributed by atoms with Crippen LogP contribution in [0.25, 0.3) is 0 Å². The standard InChI is InChI=1S/C17H21NO4.C3H9NO.C2H6/c1-17(2)21-14-9-8-13(15(14)22-17)18(3)16(20)12-7-5-4-6-11(12)10-19;1-3(2,4)5;1-2/h4-7,10,13-15H,8-9H2,1-3H3;5H,4H2,1-2H3;1-2H3. The van der Waals surface area contributed by atoms with Crippen molar-refractivity contribution >= 4 is 12.2 Å². The second-order valence-electron chi connectivity index (χ2n) is 8.06. The smallest absolute Gasteiger partial charge is 0.254 e. The highest BCUT2D eigenvalue weighted by molar-refractivity contribution is 6.01. The fraction of sp³-hybridized carbons (Fsp3) is 0.636. The number of ether oxygens (including phenoxy) is 2. The van der Waals surface area contributed by atoms with E-state index in [-0.39, 0.29) is 24.2 Å². The van der Waals surface area contributed by atoms with Gasteiger partial charge in [0.05, 0.1) is 17.7 Å². The lowest BCUT2D eigenvalue weighted by Gasteiger charge is -2.30. The van der Waals surface area contributed by atoms with Crippen LogP contribution in [0.4, 0.5) is 0 Å². The molecule has 7 heteroatoms. The van der Waals surface area contributed by atoms with Gasteiger partial charge in [-0.05, 0) is 46.6 Å². The molecule has 7 nitrogen and oxygen atoms in total. The average molecular weight is 409 g/mol. The van der Waals surface area contributed by atoms with Gasteiger partial charge in [0.25, 0.3) is 5.91 Å². The Bertz CT molecular complexity index is 678. The van der Waals surface area contributed by atoms with Crippen LogP contribution in [0.3, 0.4) is 0 Å². The molecule has 1 aliphatic carbocycles. The lowest BCUT2D eigenvalue weighted by Crippen LogP contribution is -2.44. The van der Waals surface area contributed by atoms with Crippen molar-refractivity contribution in [1.82, 2.24) is 4.90 Å². The first-order chi connectivity index (χ1) is 13.4. The molecule has 1 saturated carbocycles. The number of hydrogen-bond donors (Lipinski definition) is 2. The molecule has 1 amide bonds. The number of fused-ring (bicyclic) bond motifs is 1. The van der Waals surface area contributed by atoms with Crippen LogP contribution in [0.1, 0.15) is 75.1 Å². The lowest BCUT2D eigenvalue weighted by molar-refractivity contribution is -0.156. The zero-order chi connectivity index (χ0) is 22.4. The number of hydrogen-bond acceptors (Lipinski definition) is 6. The molecule has 1 aromatic rings. The minimum absolute atomic E-state index is 0.0287. The van der Waals surface area contributed by atoms with Gasteiger partial charge in [0.2, 0.25) is 0 Å². The second-order valence-corrected chi connectivity index (χ2v) is 8.06. The lowest BCUT2D eigenvalue weighted by atomic mass is 10.1. The van der Waals surface area contributed by atoms with E-state index in [9.17, 15) is 9.59 Å². The summed E-state index contributed by atoms with van der Waals surface area (Å²) in [6, 6.07) is 6.83. The van der Waals surface area contributed by atoms with E-state index in [1.54, 1.807) is 36.2 Å². The quantitative estimate of drug-likeness (QED) is 0.589. The minimum atomic E-state index is -1.00. The van der Waals surface area contributed by atoms with Gasteiger partial charge in [-0.2, -0.15) is 0 Å². The molecule has 164 valence electrons.